The van der Waals surface area contributed by atoms with E-state index < -0.39 is 6.36 Å². The largest absolute Gasteiger partial charge is 0.573 e. The van der Waals surface area contributed by atoms with Crippen LogP contribution in [0.2, 0.25) is 5.02 Å². The maximum absolute atomic E-state index is 12.9. The number of fused-ring (bicyclic) bond motifs is 1. The van der Waals surface area contributed by atoms with Crippen molar-refractivity contribution >= 4 is 11.6 Å². The molecular formula is C18H18ClF3N2O. The highest BCUT2D eigenvalue weighted by Crippen LogP contribution is 2.37. The minimum Gasteiger partial charge on any atom is -0.405 e. The lowest BCUT2D eigenvalue weighted by Gasteiger charge is -2.19. The summed E-state index contributed by atoms with van der Waals surface area (Å²) in [6.45, 7) is 2.58. The third-order valence-corrected chi connectivity index (χ3v) is 4.31. The van der Waals surface area contributed by atoms with Crippen LogP contribution in [-0.4, -0.2) is 24.5 Å². The fraction of sp³-hybridized carbons (Fsp3) is 0.333. The molecule has 1 aliphatic rings. The quantitative estimate of drug-likeness (QED) is 0.822. The minimum absolute atomic E-state index is 0.117. The lowest BCUT2D eigenvalue weighted by Crippen LogP contribution is -2.39. The molecule has 0 fully saturated rings. The van der Waals surface area contributed by atoms with Gasteiger partial charge in [0.1, 0.15) is 5.75 Å². The van der Waals surface area contributed by atoms with E-state index in [1.165, 1.54) is 6.07 Å². The number of halogens is 4. The maximum Gasteiger partial charge on any atom is 0.573 e. The van der Waals surface area contributed by atoms with Crippen molar-refractivity contribution in [1.82, 2.24) is 10.4 Å². The lowest BCUT2D eigenvalue weighted by atomic mass is 9.95. The molecule has 0 saturated carbocycles. The first-order valence-electron chi connectivity index (χ1n) is 7.86. The highest BCUT2D eigenvalue weighted by atomic mass is 35.5. The van der Waals surface area contributed by atoms with E-state index in [1.807, 2.05) is 19.0 Å². The predicted molar refractivity (Wildman–Crippen MR) is 91.3 cm³/mol. The van der Waals surface area contributed by atoms with Crippen molar-refractivity contribution in [3.8, 4) is 16.9 Å². The zero-order valence-corrected chi connectivity index (χ0v) is 14.6. The summed E-state index contributed by atoms with van der Waals surface area (Å²) >= 11 is 5.89. The van der Waals surface area contributed by atoms with Gasteiger partial charge in [0.2, 0.25) is 0 Å². The number of hydrogen-bond donors (Lipinski definition) is 1. The summed E-state index contributed by atoms with van der Waals surface area (Å²) in [6, 6.07) is 10.1. The highest BCUT2D eigenvalue weighted by Gasteiger charge is 2.33. The molecular weight excluding hydrogens is 353 g/mol. The van der Waals surface area contributed by atoms with Gasteiger partial charge in [-0.2, -0.15) is 0 Å². The second kappa shape index (κ2) is 6.86. The van der Waals surface area contributed by atoms with Gasteiger partial charge in [-0.1, -0.05) is 23.7 Å². The summed E-state index contributed by atoms with van der Waals surface area (Å²) in [6.07, 6.45) is -4.13. The monoisotopic (exact) mass is 370 g/mol. The van der Waals surface area contributed by atoms with Gasteiger partial charge in [-0.05, 0) is 54.3 Å². The molecule has 1 heterocycles. The van der Waals surface area contributed by atoms with E-state index in [1.54, 1.807) is 30.3 Å². The number of nitrogens with zero attached hydrogens (tertiary/aromatic N) is 1. The molecule has 1 atom stereocenters. The van der Waals surface area contributed by atoms with Crippen molar-refractivity contribution < 1.29 is 17.9 Å². The molecule has 25 heavy (non-hydrogen) atoms. The van der Waals surface area contributed by atoms with Gasteiger partial charge in [-0.3, -0.25) is 5.43 Å². The predicted octanol–water partition coefficient (Wildman–Crippen LogP) is 4.79. The minimum atomic E-state index is -4.75. The Balaban J connectivity index is 2.12. The molecule has 0 bridgehead atoms. The summed E-state index contributed by atoms with van der Waals surface area (Å²) < 4.78 is 43.0. The zero-order valence-electron chi connectivity index (χ0n) is 13.8. The Morgan fingerprint density at radius 3 is 2.48 bits per heavy atom. The molecule has 3 rings (SSSR count). The van der Waals surface area contributed by atoms with Crippen molar-refractivity contribution in [3.63, 3.8) is 0 Å². The standard InChI is InChI=1S/C18H18ClF3N2O/c1-11-7-13-9-17(25-18(20,21)22)16(8-14(13)10-24(2)23-11)12-3-5-15(19)6-4-12/h3-6,8-9,11,23H,7,10H2,1-2H3. The van der Waals surface area contributed by atoms with Gasteiger partial charge in [0.25, 0.3) is 0 Å². The van der Waals surface area contributed by atoms with Gasteiger partial charge in [-0.15, -0.1) is 13.2 Å². The van der Waals surface area contributed by atoms with Crippen LogP contribution in [0.15, 0.2) is 36.4 Å². The Bertz CT molecular complexity index is 762. The second-order valence-electron chi connectivity index (χ2n) is 6.26. The molecule has 7 heteroatoms. The second-order valence-corrected chi connectivity index (χ2v) is 6.70. The van der Waals surface area contributed by atoms with Crippen molar-refractivity contribution in [2.45, 2.75) is 32.3 Å². The van der Waals surface area contributed by atoms with Crippen molar-refractivity contribution in [1.29, 1.82) is 0 Å². The van der Waals surface area contributed by atoms with Gasteiger partial charge in [0, 0.05) is 30.2 Å². The maximum atomic E-state index is 12.9. The highest BCUT2D eigenvalue weighted by molar-refractivity contribution is 6.30. The molecule has 0 amide bonds. The van der Waals surface area contributed by atoms with Crippen LogP contribution in [0.1, 0.15) is 18.1 Å². The number of benzene rings is 2. The van der Waals surface area contributed by atoms with Gasteiger partial charge >= 0.3 is 6.36 Å². The Kier molecular flexibility index (Phi) is 4.95. The van der Waals surface area contributed by atoms with E-state index in [9.17, 15) is 13.2 Å². The molecule has 1 aliphatic heterocycles. The van der Waals surface area contributed by atoms with E-state index in [-0.39, 0.29) is 11.8 Å². The molecule has 1 unspecified atom stereocenters. The van der Waals surface area contributed by atoms with Crippen LogP contribution in [0.5, 0.6) is 5.75 Å². The molecule has 0 aromatic heterocycles. The van der Waals surface area contributed by atoms with Crippen LogP contribution in [0.25, 0.3) is 11.1 Å². The number of nitrogens with one attached hydrogen (secondary N) is 1. The van der Waals surface area contributed by atoms with Crippen molar-refractivity contribution in [3.05, 3.63) is 52.5 Å². The molecule has 134 valence electrons. The Labute approximate surface area is 149 Å². The van der Waals surface area contributed by atoms with Crippen LogP contribution < -0.4 is 10.2 Å². The van der Waals surface area contributed by atoms with Crippen molar-refractivity contribution in [2.75, 3.05) is 7.05 Å². The fourth-order valence-electron chi connectivity index (χ4n) is 3.12. The molecule has 0 spiro atoms. The first kappa shape index (κ1) is 18.0. The van der Waals surface area contributed by atoms with Crippen molar-refractivity contribution in [2.24, 2.45) is 0 Å². The number of rotatable bonds is 2. The number of hydrogen-bond acceptors (Lipinski definition) is 3. The number of alkyl halides is 3. The van der Waals surface area contributed by atoms with Crippen LogP contribution >= 0.6 is 11.6 Å². The molecule has 0 aliphatic carbocycles. The Morgan fingerprint density at radius 2 is 1.84 bits per heavy atom. The molecule has 2 aromatic rings. The lowest BCUT2D eigenvalue weighted by molar-refractivity contribution is -0.274. The van der Waals surface area contributed by atoms with Crippen LogP contribution in [0, 0.1) is 0 Å². The Morgan fingerprint density at radius 1 is 1.16 bits per heavy atom. The van der Waals surface area contributed by atoms with E-state index in [0.717, 1.165) is 11.1 Å². The summed E-state index contributed by atoms with van der Waals surface area (Å²) in [7, 11) is 1.91. The average Bonchev–Trinajstić information content (AvgIpc) is 2.62. The molecule has 3 nitrogen and oxygen atoms in total. The van der Waals surface area contributed by atoms with Gasteiger partial charge in [0.15, 0.2) is 0 Å². The smallest absolute Gasteiger partial charge is 0.405 e. The SMILES string of the molecule is CC1Cc2cc(OC(F)(F)F)c(-c3ccc(Cl)cc3)cc2CN(C)N1. The fourth-order valence-corrected chi connectivity index (χ4v) is 3.25. The number of ether oxygens (including phenoxy) is 1. The van der Waals surface area contributed by atoms with Crippen LogP contribution in [0.3, 0.4) is 0 Å². The normalized spacial score (nSPS) is 18.6. The average molecular weight is 371 g/mol. The van der Waals surface area contributed by atoms with Gasteiger partial charge in [0.05, 0.1) is 0 Å². The Hall–Kier alpha value is -1.76. The van der Waals surface area contributed by atoms with Crippen LogP contribution in [-0.2, 0) is 13.0 Å². The summed E-state index contributed by atoms with van der Waals surface area (Å²) in [5.74, 6) is -0.190. The summed E-state index contributed by atoms with van der Waals surface area (Å²) in [5.41, 5.74) is 6.12. The first-order chi connectivity index (χ1) is 11.7. The summed E-state index contributed by atoms with van der Waals surface area (Å²) in [4.78, 5) is 0. The number of hydrazine groups is 1. The third kappa shape index (κ3) is 4.45. The molecule has 0 radical (unpaired) electrons. The van der Waals surface area contributed by atoms with E-state index in [2.05, 4.69) is 10.2 Å². The van der Waals surface area contributed by atoms with E-state index in [0.29, 0.717) is 29.1 Å². The first-order valence-corrected chi connectivity index (χ1v) is 8.24. The third-order valence-electron chi connectivity index (χ3n) is 4.06. The zero-order chi connectivity index (χ0) is 18.2. The van der Waals surface area contributed by atoms with Gasteiger partial charge < -0.3 is 4.74 Å². The van der Waals surface area contributed by atoms with Gasteiger partial charge in [-0.25, -0.2) is 5.01 Å². The van der Waals surface area contributed by atoms with E-state index in [4.69, 9.17) is 11.6 Å². The van der Waals surface area contributed by atoms with Crippen LogP contribution in [0.4, 0.5) is 13.2 Å². The molecule has 0 saturated heterocycles. The topological polar surface area (TPSA) is 24.5 Å². The summed E-state index contributed by atoms with van der Waals surface area (Å²) in [5, 5.41) is 2.46. The molecule has 2 aromatic carbocycles. The molecule has 1 N–H and O–H groups in total. The van der Waals surface area contributed by atoms with E-state index >= 15 is 0 Å².